The molecular formula is C16H21NO3. The van der Waals surface area contributed by atoms with Crippen LogP contribution in [-0.4, -0.2) is 23.5 Å². The van der Waals surface area contributed by atoms with E-state index in [0.29, 0.717) is 13.0 Å². The molecule has 0 unspecified atom stereocenters. The number of hydrogen-bond donors (Lipinski definition) is 2. The van der Waals surface area contributed by atoms with Crippen molar-refractivity contribution in [1.82, 2.24) is 5.32 Å². The van der Waals surface area contributed by atoms with E-state index in [-0.39, 0.29) is 18.7 Å². The zero-order valence-electron chi connectivity index (χ0n) is 11.8. The average Bonchev–Trinajstić information content (AvgIpc) is 2.44. The van der Waals surface area contributed by atoms with E-state index in [2.05, 4.69) is 5.32 Å². The molecule has 1 rings (SSSR count). The van der Waals surface area contributed by atoms with Crippen LogP contribution in [-0.2, 0) is 9.59 Å². The van der Waals surface area contributed by atoms with Crippen LogP contribution in [0.3, 0.4) is 0 Å². The van der Waals surface area contributed by atoms with Crippen LogP contribution in [0.1, 0.15) is 38.2 Å². The van der Waals surface area contributed by atoms with Gasteiger partial charge in [0.15, 0.2) is 0 Å². The van der Waals surface area contributed by atoms with Crippen molar-refractivity contribution in [1.29, 1.82) is 0 Å². The van der Waals surface area contributed by atoms with Crippen molar-refractivity contribution in [3.8, 4) is 0 Å². The molecule has 0 heterocycles. The van der Waals surface area contributed by atoms with E-state index in [1.54, 1.807) is 0 Å². The third-order valence-corrected chi connectivity index (χ3v) is 3.00. The highest BCUT2D eigenvalue weighted by atomic mass is 16.4. The second-order valence-electron chi connectivity index (χ2n) is 4.53. The maximum Gasteiger partial charge on any atom is 0.303 e. The predicted molar refractivity (Wildman–Crippen MR) is 79.2 cm³/mol. The molecule has 2 N–H and O–H groups in total. The van der Waals surface area contributed by atoms with E-state index in [4.69, 9.17) is 5.11 Å². The molecule has 20 heavy (non-hydrogen) atoms. The molecule has 4 heteroatoms. The van der Waals surface area contributed by atoms with Crippen LogP contribution in [0.5, 0.6) is 0 Å². The van der Waals surface area contributed by atoms with E-state index in [9.17, 15) is 9.59 Å². The fraction of sp³-hybridized carbons (Fsp3) is 0.375. The van der Waals surface area contributed by atoms with Gasteiger partial charge in [-0.25, -0.2) is 0 Å². The molecule has 0 fully saturated rings. The van der Waals surface area contributed by atoms with E-state index < -0.39 is 5.97 Å². The fourth-order valence-electron chi connectivity index (χ4n) is 1.93. The Hall–Kier alpha value is -2.10. The van der Waals surface area contributed by atoms with Gasteiger partial charge < -0.3 is 10.4 Å². The SMILES string of the molecule is C/C=C(/CCNC(=O)CCCC(=O)O)c1ccccc1. The minimum Gasteiger partial charge on any atom is -0.481 e. The highest BCUT2D eigenvalue weighted by Crippen LogP contribution is 2.16. The van der Waals surface area contributed by atoms with Crippen LogP contribution in [0.2, 0.25) is 0 Å². The van der Waals surface area contributed by atoms with Gasteiger partial charge in [0.25, 0.3) is 0 Å². The van der Waals surface area contributed by atoms with Crippen molar-refractivity contribution in [3.63, 3.8) is 0 Å². The summed E-state index contributed by atoms with van der Waals surface area (Å²) in [5, 5.41) is 11.3. The predicted octanol–water partition coefficient (Wildman–Crippen LogP) is 2.85. The number of hydrogen-bond acceptors (Lipinski definition) is 2. The zero-order valence-corrected chi connectivity index (χ0v) is 11.8. The van der Waals surface area contributed by atoms with Gasteiger partial charge >= 0.3 is 5.97 Å². The van der Waals surface area contributed by atoms with Crippen molar-refractivity contribution < 1.29 is 14.7 Å². The first-order chi connectivity index (χ1) is 9.63. The highest BCUT2D eigenvalue weighted by Gasteiger charge is 2.04. The molecule has 0 atom stereocenters. The van der Waals surface area contributed by atoms with Gasteiger partial charge in [-0.3, -0.25) is 9.59 Å². The monoisotopic (exact) mass is 275 g/mol. The molecular weight excluding hydrogens is 254 g/mol. The molecule has 1 aromatic carbocycles. The van der Waals surface area contributed by atoms with Crippen molar-refractivity contribution in [2.45, 2.75) is 32.6 Å². The molecule has 0 saturated carbocycles. The van der Waals surface area contributed by atoms with Crippen molar-refractivity contribution in [2.24, 2.45) is 0 Å². The summed E-state index contributed by atoms with van der Waals surface area (Å²) in [6.45, 7) is 2.55. The number of carbonyl (C=O) groups is 2. The van der Waals surface area contributed by atoms with Crippen LogP contribution in [0.4, 0.5) is 0 Å². The lowest BCUT2D eigenvalue weighted by Crippen LogP contribution is -2.24. The molecule has 0 aliphatic heterocycles. The number of carboxylic acids is 1. The number of rotatable bonds is 8. The van der Waals surface area contributed by atoms with E-state index >= 15 is 0 Å². The molecule has 108 valence electrons. The van der Waals surface area contributed by atoms with Crippen LogP contribution in [0, 0.1) is 0 Å². The summed E-state index contributed by atoms with van der Waals surface area (Å²) in [7, 11) is 0. The second kappa shape index (κ2) is 8.91. The number of aliphatic carboxylic acids is 1. The number of carboxylic acid groups (broad SMARTS) is 1. The van der Waals surface area contributed by atoms with Crippen molar-refractivity contribution >= 4 is 17.4 Å². The Kier molecular flexibility index (Phi) is 7.11. The summed E-state index contributed by atoms with van der Waals surface area (Å²) in [5.74, 6) is -0.951. The Morgan fingerprint density at radius 2 is 1.85 bits per heavy atom. The molecule has 0 aromatic heterocycles. The van der Waals surface area contributed by atoms with Gasteiger partial charge in [-0.2, -0.15) is 0 Å². The minimum atomic E-state index is -0.863. The van der Waals surface area contributed by atoms with Crippen LogP contribution >= 0.6 is 0 Å². The van der Waals surface area contributed by atoms with E-state index in [0.717, 1.165) is 12.0 Å². The number of carbonyl (C=O) groups excluding carboxylic acids is 1. The Bertz CT molecular complexity index is 466. The number of nitrogens with one attached hydrogen (secondary N) is 1. The molecule has 4 nitrogen and oxygen atoms in total. The first-order valence-corrected chi connectivity index (χ1v) is 6.82. The van der Waals surface area contributed by atoms with Crippen LogP contribution in [0.15, 0.2) is 36.4 Å². The Morgan fingerprint density at radius 3 is 2.45 bits per heavy atom. The van der Waals surface area contributed by atoms with Gasteiger partial charge in [0.05, 0.1) is 0 Å². The number of allylic oxidation sites excluding steroid dienone is 1. The van der Waals surface area contributed by atoms with Crippen LogP contribution < -0.4 is 5.32 Å². The summed E-state index contributed by atoms with van der Waals surface area (Å²) in [6, 6.07) is 10.0. The van der Waals surface area contributed by atoms with Crippen molar-refractivity contribution in [2.75, 3.05) is 6.54 Å². The lowest BCUT2D eigenvalue weighted by Gasteiger charge is -2.08. The normalized spacial score (nSPS) is 11.2. The molecule has 0 spiro atoms. The number of benzene rings is 1. The van der Waals surface area contributed by atoms with Crippen molar-refractivity contribution in [3.05, 3.63) is 42.0 Å². The van der Waals surface area contributed by atoms with Gasteiger partial charge in [0.1, 0.15) is 0 Å². The van der Waals surface area contributed by atoms with Gasteiger partial charge in [-0.1, -0.05) is 36.4 Å². The first-order valence-electron chi connectivity index (χ1n) is 6.82. The minimum absolute atomic E-state index is 0.0392. The molecule has 0 saturated heterocycles. The topological polar surface area (TPSA) is 66.4 Å². The third-order valence-electron chi connectivity index (χ3n) is 3.00. The maximum absolute atomic E-state index is 11.5. The smallest absolute Gasteiger partial charge is 0.303 e. The molecule has 1 aromatic rings. The fourth-order valence-corrected chi connectivity index (χ4v) is 1.93. The maximum atomic E-state index is 11.5. The summed E-state index contributed by atoms with van der Waals surface area (Å²) in [4.78, 5) is 21.8. The Balaban J connectivity index is 2.29. The molecule has 0 radical (unpaired) electrons. The molecule has 0 bridgehead atoms. The van der Waals surface area contributed by atoms with Gasteiger partial charge in [0, 0.05) is 19.4 Å². The quantitative estimate of drug-likeness (QED) is 0.766. The van der Waals surface area contributed by atoms with Gasteiger partial charge in [-0.05, 0) is 30.9 Å². The third kappa shape index (κ3) is 6.18. The summed E-state index contributed by atoms with van der Waals surface area (Å²) in [6.07, 6.45) is 3.51. The summed E-state index contributed by atoms with van der Waals surface area (Å²) >= 11 is 0. The lowest BCUT2D eigenvalue weighted by atomic mass is 10.0. The second-order valence-corrected chi connectivity index (χ2v) is 4.53. The van der Waals surface area contributed by atoms with E-state index in [1.807, 2.05) is 43.3 Å². The summed E-state index contributed by atoms with van der Waals surface area (Å²) in [5.41, 5.74) is 2.35. The molecule has 1 amide bonds. The molecule has 0 aliphatic rings. The Morgan fingerprint density at radius 1 is 1.15 bits per heavy atom. The summed E-state index contributed by atoms with van der Waals surface area (Å²) < 4.78 is 0. The molecule has 0 aliphatic carbocycles. The Labute approximate surface area is 119 Å². The highest BCUT2D eigenvalue weighted by molar-refractivity contribution is 5.77. The lowest BCUT2D eigenvalue weighted by molar-refractivity contribution is -0.137. The number of amides is 1. The largest absolute Gasteiger partial charge is 0.481 e. The zero-order chi connectivity index (χ0) is 14.8. The van der Waals surface area contributed by atoms with Gasteiger partial charge in [0.2, 0.25) is 5.91 Å². The average molecular weight is 275 g/mol. The first kappa shape index (κ1) is 16.0. The van der Waals surface area contributed by atoms with Gasteiger partial charge in [-0.15, -0.1) is 0 Å². The van der Waals surface area contributed by atoms with Crippen LogP contribution in [0.25, 0.3) is 5.57 Å². The standard InChI is InChI=1S/C16H21NO3/c1-2-13(14-7-4-3-5-8-14)11-12-17-15(18)9-6-10-16(19)20/h2-5,7-8H,6,9-12H2,1H3,(H,17,18)(H,19,20)/b13-2-. The van der Waals surface area contributed by atoms with E-state index in [1.165, 1.54) is 5.57 Å².